The molecule has 1 heterocycles. The lowest BCUT2D eigenvalue weighted by molar-refractivity contribution is -0.385. The van der Waals surface area contributed by atoms with Crippen LogP contribution in [0, 0.1) is 17.0 Å². The van der Waals surface area contributed by atoms with E-state index in [1.54, 1.807) is 19.3 Å². The van der Waals surface area contributed by atoms with E-state index in [4.69, 9.17) is 0 Å². The van der Waals surface area contributed by atoms with Crippen LogP contribution in [0.3, 0.4) is 0 Å². The number of aromatic nitrogens is 1. The third-order valence-electron chi connectivity index (χ3n) is 2.77. The van der Waals surface area contributed by atoms with Gasteiger partial charge in [-0.2, -0.15) is 0 Å². The number of carbonyl (C=O) groups is 1. The number of hydrogen-bond donors (Lipinski definition) is 2. The Morgan fingerprint density at radius 1 is 1.42 bits per heavy atom. The van der Waals surface area contributed by atoms with Crippen LogP contribution in [0.4, 0.5) is 5.69 Å². The van der Waals surface area contributed by atoms with Gasteiger partial charge in [0.2, 0.25) is 0 Å². The van der Waals surface area contributed by atoms with E-state index in [0.717, 1.165) is 5.56 Å². The van der Waals surface area contributed by atoms with Crippen LogP contribution in [-0.2, 0) is 6.54 Å². The molecule has 0 fully saturated rings. The molecule has 2 N–H and O–H groups in total. The summed E-state index contributed by atoms with van der Waals surface area (Å²) in [6.45, 7) is 2.03. The van der Waals surface area contributed by atoms with E-state index in [-0.39, 0.29) is 11.6 Å². The predicted molar refractivity (Wildman–Crippen MR) is 69.8 cm³/mol. The minimum absolute atomic E-state index is 0.0159. The number of benzene rings is 1. The Labute approximate surface area is 109 Å². The minimum Gasteiger partial charge on any atom is -0.367 e. The van der Waals surface area contributed by atoms with Gasteiger partial charge in [-0.15, -0.1) is 0 Å². The third kappa shape index (κ3) is 2.98. The van der Waals surface area contributed by atoms with Gasteiger partial charge in [0.1, 0.15) is 0 Å². The average molecular weight is 259 g/mol. The van der Waals surface area contributed by atoms with Crippen molar-refractivity contribution in [2.45, 2.75) is 13.5 Å². The van der Waals surface area contributed by atoms with E-state index in [0.29, 0.717) is 17.7 Å². The predicted octanol–water partition coefficient (Wildman–Crippen LogP) is 2.16. The van der Waals surface area contributed by atoms with Gasteiger partial charge in [0.15, 0.2) is 0 Å². The highest BCUT2D eigenvalue weighted by atomic mass is 16.6. The first-order valence-electron chi connectivity index (χ1n) is 5.73. The van der Waals surface area contributed by atoms with Gasteiger partial charge in [-0.25, -0.2) is 0 Å². The van der Waals surface area contributed by atoms with E-state index in [9.17, 15) is 14.9 Å². The molecule has 0 aliphatic rings. The molecule has 0 atom stereocenters. The monoisotopic (exact) mass is 259 g/mol. The molecule has 1 aromatic heterocycles. The maximum atomic E-state index is 11.9. The Hall–Kier alpha value is -2.63. The number of aryl methyl sites for hydroxylation is 1. The Balaban J connectivity index is 2.07. The van der Waals surface area contributed by atoms with Gasteiger partial charge in [0.25, 0.3) is 11.6 Å². The zero-order valence-electron chi connectivity index (χ0n) is 10.3. The number of nitrogens with zero attached hydrogens (tertiary/aromatic N) is 1. The highest BCUT2D eigenvalue weighted by Gasteiger charge is 2.13. The molecule has 19 heavy (non-hydrogen) atoms. The molecule has 0 radical (unpaired) electrons. The summed E-state index contributed by atoms with van der Waals surface area (Å²) in [6, 6.07) is 6.18. The van der Waals surface area contributed by atoms with Gasteiger partial charge in [0, 0.05) is 36.1 Å². The lowest BCUT2D eigenvalue weighted by Gasteiger charge is -2.05. The maximum absolute atomic E-state index is 11.9. The van der Waals surface area contributed by atoms with Crippen LogP contribution >= 0.6 is 0 Å². The molecule has 2 rings (SSSR count). The summed E-state index contributed by atoms with van der Waals surface area (Å²) in [4.78, 5) is 25.0. The van der Waals surface area contributed by atoms with Gasteiger partial charge < -0.3 is 10.3 Å². The van der Waals surface area contributed by atoms with Gasteiger partial charge in [-0.05, 0) is 30.7 Å². The van der Waals surface area contributed by atoms with Crippen molar-refractivity contribution in [2.75, 3.05) is 0 Å². The molecular formula is C13H13N3O3. The van der Waals surface area contributed by atoms with Crippen LogP contribution in [0.15, 0.2) is 36.7 Å². The highest BCUT2D eigenvalue weighted by Crippen LogP contribution is 2.18. The van der Waals surface area contributed by atoms with Crippen LogP contribution in [0.5, 0.6) is 0 Å². The van der Waals surface area contributed by atoms with Gasteiger partial charge in [-0.3, -0.25) is 14.9 Å². The number of H-pyrrole nitrogens is 1. The number of hydrogen-bond acceptors (Lipinski definition) is 3. The first-order chi connectivity index (χ1) is 9.08. The van der Waals surface area contributed by atoms with E-state index in [1.807, 2.05) is 6.07 Å². The first kappa shape index (κ1) is 12.8. The Bertz CT molecular complexity index is 606. The van der Waals surface area contributed by atoms with Crippen molar-refractivity contribution in [1.82, 2.24) is 10.3 Å². The molecular weight excluding hydrogens is 246 g/mol. The number of carbonyl (C=O) groups excluding carboxylic acids is 1. The molecule has 6 nitrogen and oxygen atoms in total. The summed E-state index contributed by atoms with van der Waals surface area (Å²) in [7, 11) is 0. The van der Waals surface area contributed by atoms with E-state index in [2.05, 4.69) is 10.3 Å². The van der Waals surface area contributed by atoms with Crippen molar-refractivity contribution in [3.63, 3.8) is 0 Å². The lowest BCUT2D eigenvalue weighted by atomic mass is 10.1. The molecule has 0 spiro atoms. The molecule has 2 aromatic rings. The van der Waals surface area contributed by atoms with Crippen molar-refractivity contribution < 1.29 is 9.72 Å². The number of nitrogens with one attached hydrogen (secondary N) is 2. The average Bonchev–Trinajstić information content (AvgIpc) is 2.88. The normalized spacial score (nSPS) is 10.2. The third-order valence-corrected chi connectivity index (χ3v) is 2.77. The second-order valence-electron chi connectivity index (χ2n) is 4.16. The van der Waals surface area contributed by atoms with Crippen LogP contribution in [-0.4, -0.2) is 15.8 Å². The molecule has 1 amide bonds. The highest BCUT2D eigenvalue weighted by molar-refractivity contribution is 5.94. The Morgan fingerprint density at radius 2 is 2.21 bits per heavy atom. The fraction of sp³-hybridized carbons (Fsp3) is 0.154. The van der Waals surface area contributed by atoms with Crippen LogP contribution in [0.25, 0.3) is 0 Å². The fourth-order valence-corrected chi connectivity index (χ4v) is 1.75. The van der Waals surface area contributed by atoms with Crippen molar-refractivity contribution >= 4 is 11.6 Å². The van der Waals surface area contributed by atoms with Gasteiger partial charge >= 0.3 is 0 Å². The largest absolute Gasteiger partial charge is 0.367 e. The molecule has 6 heteroatoms. The summed E-state index contributed by atoms with van der Waals surface area (Å²) in [5.41, 5.74) is 1.87. The SMILES string of the molecule is Cc1cc(C(=O)NCc2cc[nH]c2)ccc1[N+](=O)[O-]. The van der Waals surface area contributed by atoms with Gasteiger partial charge in [0.05, 0.1) is 4.92 Å². The first-order valence-corrected chi connectivity index (χ1v) is 5.73. The molecule has 0 saturated heterocycles. The molecule has 0 bridgehead atoms. The number of amides is 1. The number of nitro benzene ring substituents is 1. The van der Waals surface area contributed by atoms with Crippen molar-refractivity contribution in [1.29, 1.82) is 0 Å². The van der Waals surface area contributed by atoms with Crippen molar-refractivity contribution in [2.24, 2.45) is 0 Å². The zero-order chi connectivity index (χ0) is 13.8. The minimum atomic E-state index is -0.461. The van der Waals surface area contributed by atoms with E-state index >= 15 is 0 Å². The second-order valence-corrected chi connectivity index (χ2v) is 4.16. The fourth-order valence-electron chi connectivity index (χ4n) is 1.75. The quantitative estimate of drug-likeness (QED) is 0.651. The maximum Gasteiger partial charge on any atom is 0.272 e. The van der Waals surface area contributed by atoms with Crippen LogP contribution in [0.2, 0.25) is 0 Å². The van der Waals surface area contributed by atoms with Crippen LogP contribution in [0.1, 0.15) is 21.5 Å². The zero-order valence-corrected chi connectivity index (χ0v) is 10.3. The summed E-state index contributed by atoms with van der Waals surface area (Å²) in [5, 5.41) is 13.4. The van der Waals surface area contributed by atoms with Crippen molar-refractivity contribution in [3.05, 3.63) is 63.5 Å². The Kier molecular flexibility index (Phi) is 3.61. The lowest BCUT2D eigenvalue weighted by Crippen LogP contribution is -2.22. The van der Waals surface area contributed by atoms with Crippen LogP contribution < -0.4 is 5.32 Å². The molecule has 0 unspecified atom stereocenters. The molecule has 0 aliphatic heterocycles. The topological polar surface area (TPSA) is 88.0 Å². The summed E-state index contributed by atoms with van der Waals surface area (Å²) in [5.74, 6) is -0.251. The summed E-state index contributed by atoms with van der Waals surface area (Å²) in [6.07, 6.45) is 3.57. The second kappa shape index (κ2) is 5.34. The smallest absolute Gasteiger partial charge is 0.272 e. The van der Waals surface area contributed by atoms with Crippen molar-refractivity contribution in [3.8, 4) is 0 Å². The molecule has 0 aliphatic carbocycles. The van der Waals surface area contributed by atoms with E-state index in [1.165, 1.54) is 18.2 Å². The standard InChI is InChI=1S/C13H13N3O3/c1-9-6-11(2-3-12(9)16(18)19)13(17)15-8-10-4-5-14-7-10/h2-7,14H,8H2,1H3,(H,15,17). The molecule has 1 aromatic carbocycles. The Morgan fingerprint density at radius 3 is 2.79 bits per heavy atom. The molecule has 0 saturated carbocycles. The number of nitro groups is 1. The van der Waals surface area contributed by atoms with E-state index < -0.39 is 4.92 Å². The van der Waals surface area contributed by atoms with Gasteiger partial charge in [-0.1, -0.05) is 0 Å². The summed E-state index contributed by atoms with van der Waals surface area (Å²) < 4.78 is 0. The number of rotatable bonds is 4. The molecule has 98 valence electrons. The summed E-state index contributed by atoms with van der Waals surface area (Å²) >= 11 is 0. The number of aromatic amines is 1.